The van der Waals surface area contributed by atoms with Crippen LogP contribution in [0.15, 0.2) is 18.2 Å². The Kier molecular flexibility index (Phi) is 2.87. The van der Waals surface area contributed by atoms with Gasteiger partial charge >= 0.3 is 0 Å². The number of anilines is 1. The number of hydrogen-bond donors (Lipinski definition) is 2. The molecule has 1 saturated heterocycles. The van der Waals surface area contributed by atoms with Crippen molar-refractivity contribution in [2.24, 2.45) is 11.7 Å². The van der Waals surface area contributed by atoms with Crippen LogP contribution in [-0.4, -0.2) is 29.7 Å². The lowest BCUT2D eigenvalue weighted by Gasteiger charge is -2.46. The van der Waals surface area contributed by atoms with E-state index in [9.17, 15) is 14.5 Å². The number of nitro groups is 1. The lowest BCUT2D eigenvalue weighted by Crippen LogP contribution is -2.65. The molecule has 0 spiro atoms. The van der Waals surface area contributed by atoms with Crippen LogP contribution in [-0.2, 0) is 4.74 Å². The first kappa shape index (κ1) is 12.3. The van der Waals surface area contributed by atoms with E-state index in [0.29, 0.717) is 12.5 Å². The summed E-state index contributed by atoms with van der Waals surface area (Å²) in [6.07, 6.45) is 0.926. The maximum Gasteiger partial charge on any atom is 0.295 e. The summed E-state index contributed by atoms with van der Waals surface area (Å²) in [7, 11) is 0. The number of fused-ring (bicyclic) bond motifs is 1. The molecule has 4 unspecified atom stereocenters. The largest absolute Gasteiger partial charge is 0.376 e. The normalized spacial score (nSPS) is 32.5. The van der Waals surface area contributed by atoms with Crippen LogP contribution in [0.3, 0.4) is 0 Å². The van der Waals surface area contributed by atoms with Gasteiger partial charge in [-0.1, -0.05) is 0 Å². The standard InChI is InChI=1S/C12H14FN3O3/c13-6-1-2-8(9(5-6)16(17)18)15-11-10(14)7-3-4-19-12(7)11/h1-2,5,7,10-12,15H,3-4,14H2. The zero-order chi connectivity index (χ0) is 13.6. The minimum absolute atomic E-state index is 0.000317. The molecule has 4 atom stereocenters. The molecule has 0 amide bonds. The van der Waals surface area contributed by atoms with E-state index >= 15 is 0 Å². The van der Waals surface area contributed by atoms with Crippen molar-refractivity contribution in [3.8, 4) is 0 Å². The van der Waals surface area contributed by atoms with E-state index in [4.69, 9.17) is 10.5 Å². The molecule has 3 rings (SSSR count). The number of rotatable bonds is 3. The molecule has 1 heterocycles. The summed E-state index contributed by atoms with van der Waals surface area (Å²) in [5, 5.41) is 13.9. The number of ether oxygens (including phenoxy) is 1. The highest BCUT2D eigenvalue weighted by Gasteiger charge is 2.52. The number of nitrogens with two attached hydrogens (primary N) is 1. The van der Waals surface area contributed by atoms with Crippen molar-refractivity contribution in [1.82, 2.24) is 0 Å². The Labute approximate surface area is 108 Å². The van der Waals surface area contributed by atoms with Gasteiger partial charge in [0.2, 0.25) is 0 Å². The number of benzene rings is 1. The van der Waals surface area contributed by atoms with Crippen molar-refractivity contribution in [1.29, 1.82) is 0 Å². The van der Waals surface area contributed by atoms with Crippen molar-refractivity contribution in [2.75, 3.05) is 11.9 Å². The monoisotopic (exact) mass is 267 g/mol. The highest BCUT2D eigenvalue weighted by atomic mass is 19.1. The molecule has 0 aromatic heterocycles. The SMILES string of the molecule is NC1C2CCOC2C1Nc1ccc(F)cc1[N+](=O)[O-]. The Morgan fingerprint density at radius 2 is 2.32 bits per heavy atom. The fraction of sp³-hybridized carbons (Fsp3) is 0.500. The van der Waals surface area contributed by atoms with E-state index in [1.165, 1.54) is 12.1 Å². The molecule has 0 radical (unpaired) electrons. The first-order chi connectivity index (χ1) is 9.08. The number of halogens is 1. The van der Waals surface area contributed by atoms with Crippen molar-refractivity contribution in [3.63, 3.8) is 0 Å². The van der Waals surface area contributed by atoms with Gasteiger partial charge in [-0.15, -0.1) is 0 Å². The zero-order valence-corrected chi connectivity index (χ0v) is 10.1. The second-order valence-corrected chi connectivity index (χ2v) is 4.95. The second-order valence-electron chi connectivity index (χ2n) is 4.95. The summed E-state index contributed by atoms with van der Waals surface area (Å²) in [4.78, 5) is 10.3. The molecule has 0 bridgehead atoms. The van der Waals surface area contributed by atoms with Crippen LogP contribution in [0.2, 0.25) is 0 Å². The third kappa shape index (κ3) is 1.95. The highest BCUT2D eigenvalue weighted by Crippen LogP contribution is 2.40. The lowest BCUT2D eigenvalue weighted by atomic mass is 9.72. The van der Waals surface area contributed by atoms with Gasteiger partial charge in [0, 0.05) is 18.6 Å². The molecule has 6 nitrogen and oxygen atoms in total. The van der Waals surface area contributed by atoms with Crippen molar-refractivity contribution in [3.05, 3.63) is 34.1 Å². The van der Waals surface area contributed by atoms with E-state index in [1.807, 2.05) is 0 Å². The number of nitrogens with zero attached hydrogens (tertiary/aromatic N) is 1. The molecule has 2 aliphatic rings. The molecule has 3 N–H and O–H groups in total. The fourth-order valence-corrected chi connectivity index (χ4v) is 2.89. The lowest BCUT2D eigenvalue weighted by molar-refractivity contribution is -0.384. The predicted octanol–water partition coefficient (Wildman–Crippen LogP) is 1.26. The Hall–Kier alpha value is -1.73. The minimum Gasteiger partial charge on any atom is -0.376 e. The first-order valence-electron chi connectivity index (χ1n) is 6.15. The topological polar surface area (TPSA) is 90.4 Å². The summed E-state index contributed by atoms with van der Waals surface area (Å²) >= 11 is 0. The van der Waals surface area contributed by atoms with Gasteiger partial charge in [-0.3, -0.25) is 10.1 Å². The van der Waals surface area contributed by atoms with Crippen LogP contribution in [0.5, 0.6) is 0 Å². The molecule has 1 saturated carbocycles. The van der Waals surface area contributed by atoms with Crippen LogP contribution in [0.25, 0.3) is 0 Å². The van der Waals surface area contributed by atoms with E-state index in [-0.39, 0.29) is 29.6 Å². The van der Waals surface area contributed by atoms with Gasteiger partial charge in [-0.25, -0.2) is 4.39 Å². The maximum atomic E-state index is 13.1. The van der Waals surface area contributed by atoms with Crippen molar-refractivity contribution >= 4 is 11.4 Å². The molecule has 1 aliphatic carbocycles. The Morgan fingerprint density at radius 1 is 1.53 bits per heavy atom. The van der Waals surface area contributed by atoms with Gasteiger partial charge in [0.1, 0.15) is 11.5 Å². The molecule has 1 aromatic carbocycles. The Bertz CT molecular complexity index is 525. The maximum absolute atomic E-state index is 13.1. The summed E-state index contributed by atoms with van der Waals surface area (Å²) in [6.45, 7) is 0.673. The molecule has 7 heteroatoms. The third-order valence-corrected chi connectivity index (χ3v) is 3.93. The van der Waals surface area contributed by atoms with Crippen LogP contribution in [0.4, 0.5) is 15.8 Å². The Balaban J connectivity index is 1.82. The minimum atomic E-state index is -0.634. The molecular formula is C12H14FN3O3. The average Bonchev–Trinajstić information content (AvgIpc) is 2.81. The van der Waals surface area contributed by atoms with Crippen LogP contribution < -0.4 is 11.1 Å². The van der Waals surface area contributed by atoms with Crippen LogP contribution in [0.1, 0.15) is 6.42 Å². The van der Waals surface area contributed by atoms with Gasteiger partial charge in [-0.2, -0.15) is 0 Å². The summed E-state index contributed by atoms with van der Waals surface area (Å²) in [5.74, 6) is -0.317. The summed E-state index contributed by atoms with van der Waals surface area (Å²) in [5.41, 5.74) is 6.02. The van der Waals surface area contributed by atoms with Crippen LogP contribution in [0, 0.1) is 21.8 Å². The molecule has 1 aromatic rings. The van der Waals surface area contributed by atoms with Gasteiger partial charge in [0.15, 0.2) is 0 Å². The van der Waals surface area contributed by atoms with Crippen LogP contribution >= 0.6 is 0 Å². The van der Waals surface area contributed by atoms with E-state index in [0.717, 1.165) is 12.5 Å². The Morgan fingerprint density at radius 3 is 3.05 bits per heavy atom. The average molecular weight is 267 g/mol. The quantitative estimate of drug-likeness (QED) is 0.635. The molecule has 2 fully saturated rings. The smallest absolute Gasteiger partial charge is 0.295 e. The molecule has 102 valence electrons. The van der Waals surface area contributed by atoms with Crippen molar-refractivity contribution in [2.45, 2.75) is 24.6 Å². The van der Waals surface area contributed by atoms with E-state index in [1.54, 1.807) is 0 Å². The van der Waals surface area contributed by atoms with Gasteiger partial charge < -0.3 is 15.8 Å². The van der Waals surface area contributed by atoms with Gasteiger partial charge in [-0.05, 0) is 18.6 Å². The zero-order valence-electron chi connectivity index (χ0n) is 10.1. The highest BCUT2D eigenvalue weighted by molar-refractivity contribution is 5.62. The molecule has 1 aliphatic heterocycles. The summed E-state index contributed by atoms with van der Waals surface area (Å²) < 4.78 is 18.6. The first-order valence-corrected chi connectivity index (χ1v) is 6.15. The van der Waals surface area contributed by atoms with Gasteiger partial charge in [0.25, 0.3) is 5.69 Å². The third-order valence-electron chi connectivity index (χ3n) is 3.93. The summed E-state index contributed by atoms with van der Waals surface area (Å²) in [6, 6.07) is 3.21. The predicted molar refractivity (Wildman–Crippen MR) is 66.3 cm³/mol. The molecular weight excluding hydrogens is 253 g/mol. The van der Waals surface area contributed by atoms with Gasteiger partial charge in [0.05, 0.1) is 23.1 Å². The number of hydrogen-bond acceptors (Lipinski definition) is 5. The number of nitrogens with one attached hydrogen (secondary N) is 1. The second kappa shape index (κ2) is 4.43. The number of nitro benzene ring substituents is 1. The van der Waals surface area contributed by atoms with E-state index in [2.05, 4.69) is 5.32 Å². The van der Waals surface area contributed by atoms with Crippen molar-refractivity contribution < 1.29 is 14.1 Å². The van der Waals surface area contributed by atoms with E-state index < -0.39 is 10.7 Å². The fourth-order valence-electron chi connectivity index (χ4n) is 2.89. The molecule has 19 heavy (non-hydrogen) atoms.